The number of nitrogens with one attached hydrogen (secondary N) is 2. The second-order valence-corrected chi connectivity index (χ2v) is 7.87. The zero-order valence-corrected chi connectivity index (χ0v) is 13.0. The predicted molar refractivity (Wildman–Crippen MR) is 82.8 cm³/mol. The Balaban J connectivity index is 1.91. The summed E-state index contributed by atoms with van der Waals surface area (Å²) in [7, 11) is -3.05. The molecule has 0 saturated heterocycles. The van der Waals surface area contributed by atoms with Crippen molar-refractivity contribution in [2.45, 2.75) is 25.3 Å². The molecular formula is C15H22N2O3S. The first-order chi connectivity index (χ1) is 9.96. The first-order valence-corrected chi connectivity index (χ1v) is 9.29. The summed E-state index contributed by atoms with van der Waals surface area (Å²) < 4.78 is 22.1. The minimum absolute atomic E-state index is 0.00168. The Hall–Kier alpha value is -1.56. The van der Waals surface area contributed by atoms with Crippen LogP contribution in [0.1, 0.15) is 30.9 Å². The number of carbonyl (C=O) groups excluding carboxylic acids is 1. The number of amides is 2. The zero-order chi connectivity index (χ0) is 15.3. The van der Waals surface area contributed by atoms with Gasteiger partial charge in [-0.1, -0.05) is 36.8 Å². The molecule has 0 radical (unpaired) electrons. The molecule has 1 aromatic rings. The molecule has 2 N–H and O–H groups in total. The molecule has 2 amide bonds. The van der Waals surface area contributed by atoms with Gasteiger partial charge in [0.05, 0.1) is 11.8 Å². The number of rotatable bonds is 6. The third kappa shape index (κ3) is 5.04. The van der Waals surface area contributed by atoms with E-state index in [1.807, 2.05) is 30.3 Å². The lowest BCUT2D eigenvalue weighted by Gasteiger charge is -2.34. The van der Waals surface area contributed by atoms with Gasteiger partial charge >= 0.3 is 6.03 Å². The standard InChI is InChI=1S/C15H22N2O3S/c1-21(19,20)11-10-16-15(18)17-14(13-8-5-9-13)12-6-3-2-4-7-12/h2-4,6-7,13-14H,5,8-11H2,1H3,(H2,16,17,18). The van der Waals surface area contributed by atoms with E-state index in [9.17, 15) is 13.2 Å². The summed E-state index contributed by atoms with van der Waals surface area (Å²) in [6.45, 7) is 0.136. The van der Waals surface area contributed by atoms with Gasteiger partial charge in [0.15, 0.2) is 0 Å². The normalized spacial score (nSPS) is 16.8. The topological polar surface area (TPSA) is 75.3 Å². The van der Waals surface area contributed by atoms with E-state index in [2.05, 4.69) is 10.6 Å². The number of benzene rings is 1. The van der Waals surface area contributed by atoms with Crippen LogP contribution in [0.25, 0.3) is 0 Å². The van der Waals surface area contributed by atoms with E-state index in [1.165, 1.54) is 6.42 Å². The van der Waals surface area contributed by atoms with Crippen LogP contribution in [-0.2, 0) is 9.84 Å². The number of hydrogen-bond donors (Lipinski definition) is 2. The maximum Gasteiger partial charge on any atom is 0.315 e. The van der Waals surface area contributed by atoms with Crippen LogP contribution in [0, 0.1) is 5.92 Å². The third-order valence-electron chi connectivity index (χ3n) is 3.82. The number of carbonyl (C=O) groups is 1. The summed E-state index contributed by atoms with van der Waals surface area (Å²) in [5, 5.41) is 5.59. The van der Waals surface area contributed by atoms with Crippen LogP contribution in [0.5, 0.6) is 0 Å². The van der Waals surface area contributed by atoms with E-state index in [1.54, 1.807) is 0 Å². The van der Waals surface area contributed by atoms with Crippen molar-refractivity contribution in [2.24, 2.45) is 5.92 Å². The minimum atomic E-state index is -3.05. The molecule has 1 aromatic carbocycles. The molecule has 116 valence electrons. The number of sulfone groups is 1. The molecule has 0 spiro atoms. The van der Waals surface area contributed by atoms with E-state index in [0.29, 0.717) is 5.92 Å². The fraction of sp³-hybridized carbons (Fsp3) is 0.533. The van der Waals surface area contributed by atoms with Crippen LogP contribution < -0.4 is 10.6 Å². The van der Waals surface area contributed by atoms with Crippen molar-refractivity contribution in [3.8, 4) is 0 Å². The third-order valence-corrected chi connectivity index (χ3v) is 4.77. The lowest BCUT2D eigenvalue weighted by molar-refractivity contribution is 0.208. The molecular weight excluding hydrogens is 288 g/mol. The molecule has 0 aliphatic heterocycles. The Bertz CT molecular complexity index is 568. The average Bonchev–Trinajstić information content (AvgIpc) is 2.35. The first-order valence-electron chi connectivity index (χ1n) is 7.23. The van der Waals surface area contributed by atoms with Crippen molar-refractivity contribution in [3.63, 3.8) is 0 Å². The van der Waals surface area contributed by atoms with Gasteiger partial charge in [-0.25, -0.2) is 13.2 Å². The van der Waals surface area contributed by atoms with Gasteiger partial charge in [0.1, 0.15) is 9.84 Å². The van der Waals surface area contributed by atoms with Crippen LogP contribution in [0.15, 0.2) is 30.3 Å². The summed E-state index contributed by atoms with van der Waals surface area (Å²) in [4.78, 5) is 11.9. The van der Waals surface area contributed by atoms with E-state index in [4.69, 9.17) is 0 Å². The Morgan fingerprint density at radius 1 is 1.29 bits per heavy atom. The van der Waals surface area contributed by atoms with Crippen molar-refractivity contribution >= 4 is 15.9 Å². The van der Waals surface area contributed by atoms with Crippen LogP contribution in [0.2, 0.25) is 0 Å². The first kappa shape index (κ1) is 15.8. The van der Waals surface area contributed by atoms with Crippen molar-refractivity contribution in [1.82, 2.24) is 10.6 Å². The minimum Gasteiger partial charge on any atom is -0.337 e. The lowest BCUT2D eigenvalue weighted by atomic mass is 9.77. The molecule has 1 atom stereocenters. The molecule has 1 saturated carbocycles. The highest BCUT2D eigenvalue weighted by Crippen LogP contribution is 2.37. The molecule has 21 heavy (non-hydrogen) atoms. The number of hydrogen-bond acceptors (Lipinski definition) is 3. The molecule has 1 aliphatic rings. The second kappa shape index (κ2) is 6.93. The monoisotopic (exact) mass is 310 g/mol. The maximum atomic E-state index is 11.9. The van der Waals surface area contributed by atoms with Gasteiger partial charge in [0.25, 0.3) is 0 Å². The van der Waals surface area contributed by atoms with Crippen LogP contribution in [-0.4, -0.2) is 33.0 Å². The Kier molecular flexibility index (Phi) is 5.22. The van der Waals surface area contributed by atoms with Crippen LogP contribution in [0.3, 0.4) is 0 Å². The van der Waals surface area contributed by atoms with Crippen LogP contribution in [0.4, 0.5) is 4.79 Å². The summed E-state index contributed by atoms with van der Waals surface area (Å²) in [5.74, 6) is 0.424. The second-order valence-electron chi connectivity index (χ2n) is 5.61. The molecule has 0 aromatic heterocycles. The quantitative estimate of drug-likeness (QED) is 0.842. The fourth-order valence-corrected chi connectivity index (χ4v) is 2.92. The molecule has 2 rings (SSSR count). The van der Waals surface area contributed by atoms with E-state index < -0.39 is 9.84 Å². The highest BCUT2D eigenvalue weighted by atomic mass is 32.2. The summed E-state index contributed by atoms with van der Waals surface area (Å²) in [6.07, 6.45) is 4.59. The van der Waals surface area contributed by atoms with Gasteiger partial charge in [0, 0.05) is 12.8 Å². The molecule has 0 heterocycles. The molecule has 0 bridgehead atoms. The maximum absolute atomic E-state index is 11.9. The largest absolute Gasteiger partial charge is 0.337 e. The molecule has 1 aliphatic carbocycles. The summed E-state index contributed by atoms with van der Waals surface area (Å²) in [5.41, 5.74) is 1.10. The van der Waals surface area contributed by atoms with Crippen molar-refractivity contribution < 1.29 is 13.2 Å². The molecule has 1 unspecified atom stereocenters. The molecule has 1 fully saturated rings. The van der Waals surface area contributed by atoms with Gasteiger partial charge < -0.3 is 10.6 Å². The predicted octanol–water partition coefficient (Wildman–Crippen LogP) is 1.87. The number of urea groups is 1. The van der Waals surface area contributed by atoms with Crippen molar-refractivity contribution in [2.75, 3.05) is 18.6 Å². The van der Waals surface area contributed by atoms with Gasteiger partial charge in [-0.15, -0.1) is 0 Å². The zero-order valence-electron chi connectivity index (χ0n) is 12.2. The van der Waals surface area contributed by atoms with E-state index in [-0.39, 0.29) is 24.4 Å². The highest BCUT2D eigenvalue weighted by molar-refractivity contribution is 7.90. The van der Waals surface area contributed by atoms with Crippen LogP contribution >= 0.6 is 0 Å². The van der Waals surface area contributed by atoms with E-state index >= 15 is 0 Å². The Morgan fingerprint density at radius 3 is 2.48 bits per heavy atom. The van der Waals surface area contributed by atoms with Gasteiger partial charge in [0.2, 0.25) is 0 Å². The van der Waals surface area contributed by atoms with Gasteiger partial charge in [-0.2, -0.15) is 0 Å². The van der Waals surface area contributed by atoms with E-state index in [0.717, 1.165) is 24.7 Å². The Labute approximate surface area is 126 Å². The lowest BCUT2D eigenvalue weighted by Crippen LogP contribution is -2.43. The van der Waals surface area contributed by atoms with Gasteiger partial charge in [-0.05, 0) is 24.3 Å². The fourth-order valence-electron chi connectivity index (χ4n) is 2.45. The SMILES string of the molecule is CS(=O)(=O)CCNC(=O)NC(c1ccccc1)C1CCC1. The average molecular weight is 310 g/mol. The summed E-state index contributed by atoms with van der Waals surface area (Å²) in [6, 6.07) is 9.60. The summed E-state index contributed by atoms with van der Waals surface area (Å²) >= 11 is 0. The Morgan fingerprint density at radius 2 is 1.95 bits per heavy atom. The smallest absolute Gasteiger partial charge is 0.315 e. The van der Waals surface area contributed by atoms with Crippen molar-refractivity contribution in [3.05, 3.63) is 35.9 Å². The highest BCUT2D eigenvalue weighted by Gasteiger charge is 2.29. The van der Waals surface area contributed by atoms with Crippen molar-refractivity contribution in [1.29, 1.82) is 0 Å². The van der Waals surface area contributed by atoms with Gasteiger partial charge in [-0.3, -0.25) is 0 Å². The molecule has 6 heteroatoms. The molecule has 5 nitrogen and oxygen atoms in total.